The van der Waals surface area contributed by atoms with E-state index in [1.807, 2.05) is 0 Å². The zero-order valence-electron chi connectivity index (χ0n) is 9.00. The lowest BCUT2D eigenvalue weighted by Crippen LogP contribution is -2.33. The van der Waals surface area contributed by atoms with E-state index in [0.29, 0.717) is 0 Å². The first kappa shape index (κ1) is 12.9. The number of nitrogen functional groups attached to an aromatic ring is 1. The second-order valence-corrected chi connectivity index (χ2v) is 5.01. The molecular formula is C9H15N3O3S. The molecular weight excluding hydrogens is 230 g/mol. The fourth-order valence-electron chi connectivity index (χ4n) is 1.32. The van der Waals surface area contributed by atoms with E-state index < -0.39 is 10.0 Å². The van der Waals surface area contributed by atoms with E-state index in [9.17, 15) is 8.42 Å². The molecule has 3 N–H and O–H groups in total. The van der Waals surface area contributed by atoms with Gasteiger partial charge in [-0.3, -0.25) is 0 Å². The van der Waals surface area contributed by atoms with Crippen molar-refractivity contribution in [1.29, 1.82) is 0 Å². The maximum Gasteiger partial charge on any atom is 0.246 e. The first-order valence-corrected chi connectivity index (χ1v) is 6.29. The van der Waals surface area contributed by atoms with Crippen LogP contribution < -0.4 is 5.73 Å². The zero-order valence-corrected chi connectivity index (χ0v) is 9.81. The van der Waals surface area contributed by atoms with Crippen molar-refractivity contribution in [2.45, 2.75) is 11.8 Å². The fraction of sp³-hybridized carbons (Fsp3) is 0.444. The molecule has 1 aromatic rings. The van der Waals surface area contributed by atoms with E-state index in [4.69, 9.17) is 10.8 Å². The molecule has 0 atom stereocenters. The minimum Gasteiger partial charge on any atom is -0.395 e. The number of hydrogen-bond acceptors (Lipinski definition) is 5. The van der Waals surface area contributed by atoms with E-state index >= 15 is 0 Å². The van der Waals surface area contributed by atoms with Gasteiger partial charge in [0.05, 0.1) is 6.61 Å². The van der Waals surface area contributed by atoms with Crippen LogP contribution >= 0.6 is 0 Å². The number of nitrogens with zero attached hydrogens (tertiary/aromatic N) is 2. The summed E-state index contributed by atoms with van der Waals surface area (Å²) < 4.78 is 25.3. The van der Waals surface area contributed by atoms with Crippen LogP contribution in [-0.4, -0.2) is 42.5 Å². The van der Waals surface area contributed by atoms with E-state index in [1.165, 1.54) is 18.3 Å². The number of nitrogens with two attached hydrogens (primary N) is 1. The number of aromatic nitrogens is 1. The molecule has 0 radical (unpaired) electrons. The summed E-state index contributed by atoms with van der Waals surface area (Å²) >= 11 is 0. The third-order valence-corrected chi connectivity index (χ3v) is 4.14. The Kier molecular flexibility index (Phi) is 4.22. The van der Waals surface area contributed by atoms with Crippen LogP contribution in [-0.2, 0) is 10.0 Å². The maximum atomic E-state index is 12.1. The fourth-order valence-corrected chi connectivity index (χ4v) is 2.83. The van der Waals surface area contributed by atoms with Crippen molar-refractivity contribution in [3.63, 3.8) is 0 Å². The zero-order chi connectivity index (χ0) is 12.2. The minimum atomic E-state index is -3.66. The predicted molar refractivity (Wildman–Crippen MR) is 60.2 cm³/mol. The molecule has 0 bridgehead atoms. The molecule has 1 rings (SSSR count). The van der Waals surface area contributed by atoms with Crippen molar-refractivity contribution in [3.8, 4) is 0 Å². The van der Waals surface area contributed by atoms with Gasteiger partial charge in [0.1, 0.15) is 10.7 Å². The summed E-state index contributed by atoms with van der Waals surface area (Å²) in [7, 11) is -3.66. The van der Waals surface area contributed by atoms with Gasteiger partial charge in [-0.25, -0.2) is 13.4 Å². The van der Waals surface area contributed by atoms with Crippen molar-refractivity contribution in [1.82, 2.24) is 9.29 Å². The first-order valence-electron chi connectivity index (χ1n) is 4.85. The summed E-state index contributed by atoms with van der Waals surface area (Å²) in [6.45, 7) is 1.79. The van der Waals surface area contributed by atoms with Gasteiger partial charge in [-0.1, -0.05) is 6.92 Å². The van der Waals surface area contributed by atoms with E-state index in [1.54, 1.807) is 6.92 Å². The second kappa shape index (κ2) is 5.24. The topological polar surface area (TPSA) is 96.5 Å². The predicted octanol–water partition coefficient (Wildman–Crippen LogP) is -0.333. The Labute approximate surface area is 94.8 Å². The molecule has 0 spiro atoms. The highest BCUT2D eigenvalue weighted by molar-refractivity contribution is 7.89. The Morgan fingerprint density at radius 1 is 1.56 bits per heavy atom. The third kappa shape index (κ3) is 2.49. The molecule has 0 unspecified atom stereocenters. The van der Waals surface area contributed by atoms with E-state index in [-0.39, 0.29) is 30.4 Å². The molecule has 0 aliphatic rings. The van der Waals surface area contributed by atoms with Crippen LogP contribution in [0, 0.1) is 0 Å². The summed E-state index contributed by atoms with van der Waals surface area (Å²) in [6.07, 6.45) is 1.43. The number of anilines is 1. The highest BCUT2D eigenvalue weighted by Crippen LogP contribution is 2.19. The van der Waals surface area contributed by atoms with Crippen molar-refractivity contribution in [2.24, 2.45) is 0 Å². The Balaban J connectivity index is 3.15. The van der Waals surface area contributed by atoms with Crippen molar-refractivity contribution in [3.05, 3.63) is 18.3 Å². The summed E-state index contributed by atoms with van der Waals surface area (Å²) in [6, 6.07) is 2.91. The number of aliphatic hydroxyl groups is 1. The van der Waals surface area contributed by atoms with Crippen LogP contribution in [0.4, 0.5) is 5.82 Å². The SMILES string of the molecule is CCN(CCO)S(=O)(=O)c1cccnc1N. The van der Waals surface area contributed by atoms with Gasteiger partial charge in [-0.15, -0.1) is 0 Å². The van der Waals surface area contributed by atoms with Crippen LogP contribution in [0.1, 0.15) is 6.92 Å². The summed E-state index contributed by atoms with van der Waals surface area (Å²) in [5.41, 5.74) is 5.52. The van der Waals surface area contributed by atoms with Crippen LogP contribution in [0.15, 0.2) is 23.2 Å². The molecule has 7 heteroatoms. The lowest BCUT2D eigenvalue weighted by Gasteiger charge is -2.19. The molecule has 0 fully saturated rings. The van der Waals surface area contributed by atoms with E-state index in [0.717, 1.165) is 4.31 Å². The minimum absolute atomic E-state index is 0.0229. The van der Waals surface area contributed by atoms with Crippen molar-refractivity contribution >= 4 is 15.8 Å². The number of hydrogen-bond donors (Lipinski definition) is 2. The lowest BCUT2D eigenvalue weighted by molar-refractivity contribution is 0.257. The van der Waals surface area contributed by atoms with Gasteiger partial charge < -0.3 is 10.8 Å². The third-order valence-electron chi connectivity index (χ3n) is 2.12. The van der Waals surface area contributed by atoms with Gasteiger partial charge >= 0.3 is 0 Å². The first-order chi connectivity index (χ1) is 7.54. The van der Waals surface area contributed by atoms with Crippen molar-refractivity contribution in [2.75, 3.05) is 25.4 Å². The van der Waals surface area contributed by atoms with Gasteiger partial charge in [0, 0.05) is 19.3 Å². The van der Waals surface area contributed by atoms with Gasteiger partial charge in [-0.05, 0) is 12.1 Å². The van der Waals surface area contributed by atoms with Gasteiger partial charge in [0.2, 0.25) is 10.0 Å². The van der Waals surface area contributed by atoms with Crippen LogP contribution in [0.25, 0.3) is 0 Å². The highest BCUT2D eigenvalue weighted by Gasteiger charge is 2.24. The molecule has 1 heterocycles. The van der Waals surface area contributed by atoms with Crippen LogP contribution in [0.3, 0.4) is 0 Å². The Morgan fingerprint density at radius 2 is 2.25 bits per heavy atom. The number of sulfonamides is 1. The average Bonchev–Trinajstić information content (AvgIpc) is 2.26. The quantitative estimate of drug-likeness (QED) is 0.740. The van der Waals surface area contributed by atoms with Gasteiger partial charge in [-0.2, -0.15) is 4.31 Å². The molecule has 0 amide bonds. The van der Waals surface area contributed by atoms with Crippen molar-refractivity contribution < 1.29 is 13.5 Å². The summed E-state index contributed by atoms with van der Waals surface area (Å²) in [5.74, 6) is -0.0288. The Hall–Kier alpha value is -1.18. The monoisotopic (exact) mass is 245 g/mol. The summed E-state index contributed by atoms with van der Waals surface area (Å²) in [5, 5.41) is 8.79. The van der Waals surface area contributed by atoms with Crippen LogP contribution in [0.2, 0.25) is 0 Å². The normalized spacial score (nSPS) is 11.9. The smallest absolute Gasteiger partial charge is 0.246 e. The Bertz CT molecular complexity index is 447. The second-order valence-electron chi connectivity index (χ2n) is 3.11. The molecule has 16 heavy (non-hydrogen) atoms. The maximum absolute atomic E-state index is 12.1. The molecule has 0 aliphatic heterocycles. The average molecular weight is 245 g/mol. The standard InChI is InChI=1S/C9H15N3O3S/c1-2-12(6-7-13)16(14,15)8-4-3-5-11-9(8)10/h3-5,13H,2,6-7H2,1H3,(H2,10,11). The molecule has 0 saturated carbocycles. The number of aliphatic hydroxyl groups excluding tert-OH is 1. The van der Waals surface area contributed by atoms with Crippen LogP contribution in [0.5, 0.6) is 0 Å². The molecule has 0 saturated heterocycles. The lowest BCUT2D eigenvalue weighted by atomic mass is 10.5. The molecule has 6 nitrogen and oxygen atoms in total. The number of pyridine rings is 1. The molecule has 0 aliphatic carbocycles. The molecule has 0 aromatic carbocycles. The molecule has 90 valence electrons. The molecule has 1 aromatic heterocycles. The summed E-state index contributed by atoms with van der Waals surface area (Å²) in [4.78, 5) is 3.71. The largest absolute Gasteiger partial charge is 0.395 e. The Morgan fingerprint density at radius 3 is 2.75 bits per heavy atom. The number of rotatable bonds is 5. The van der Waals surface area contributed by atoms with E-state index in [2.05, 4.69) is 4.98 Å². The van der Waals surface area contributed by atoms with Gasteiger partial charge in [0.25, 0.3) is 0 Å². The van der Waals surface area contributed by atoms with Gasteiger partial charge in [0.15, 0.2) is 0 Å². The number of likely N-dealkylation sites (N-methyl/N-ethyl adjacent to an activating group) is 1. The highest BCUT2D eigenvalue weighted by atomic mass is 32.2.